The molecule has 2 aromatic heterocycles. The van der Waals surface area contributed by atoms with Crippen LogP contribution in [0, 0.1) is 11.3 Å². The predicted octanol–water partition coefficient (Wildman–Crippen LogP) is 3.17. The molecule has 0 amide bonds. The zero-order valence-electron chi connectivity index (χ0n) is 19.9. The summed E-state index contributed by atoms with van der Waals surface area (Å²) in [7, 11) is 3.69. The Hall–Kier alpha value is -4.16. The number of aromatic nitrogens is 3. The fourth-order valence-corrected chi connectivity index (χ4v) is 4.10. The SMILES string of the molecule is CN(C)c1nc(/C(C=NCc2cccc(C3(O)CCCC3)n2)=N/N)cc(-c2cccc(C#N)c2)n1. The van der Waals surface area contributed by atoms with Crippen LogP contribution in [-0.2, 0) is 12.1 Å². The molecule has 1 aliphatic rings. The summed E-state index contributed by atoms with van der Waals surface area (Å²) in [6.07, 6.45) is 5.05. The van der Waals surface area contributed by atoms with Gasteiger partial charge in [0.25, 0.3) is 0 Å². The van der Waals surface area contributed by atoms with Crippen LogP contribution in [0.25, 0.3) is 11.3 Å². The van der Waals surface area contributed by atoms with Crippen molar-refractivity contribution in [3.8, 4) is 17.3 Å². The van der Waals surface area contributed by atoms with Gasteiger partial charge in [0.05, 0.1) is 47.2 Å². The highest BCUT2D eigenvalue weighted by molar-refractivity contribution is 6.37. The van der Waals surface area contributed by atoms with Crippen LogP contribution in [0.4, 0.5) is 5.95 Å². The first kappa shape index (κ1) is 24.0. The van der Waals surface area contributed by atoms with Crippen LogP contribution >= 0.6 is 0 Å². The summed E-state index contributed by atoms with van der Waals surface area (Å²) < 4.78 is 0. The summed E-state index contributed by atoms with van der Waals surface area (Å²) >= 11 is 0. The Morgan fingerprint density at radius 3 is 2.63 bits per heavy atom. The molecule has 9 nitrogen and oxygen atoms in total. The van der Waals surface area contributed by atoms with Crippen molar-refractivity contribution in [2.45, 2.75) is 37.8 Å². The number of nitriles is 1. The van der Waals surface area contributed by atoms with E-state index in [1.807, 2.05) is 44.4 Å². The van der Waals surface area contributed by atoms with Crippen molar-refractivity contribution in [2.24, 2.45) is 15.9 Å². The van der Waals surface area contributed by atoms with Crippen molar-refractivity contribution in [2.75, 3.05) is 19.0 Å². The van der Waals surface area contributed by atoms with Crippen LogP contribution in [-0.4, -0.2) is 46.1 Å². The number of rotatable bonds is 7. The molecule has 0 atom stereocenters. The van der Waals surface area contributed by atoms with E-state index in [0.29, 0.717) is 40.9 Å². The third kappa shape index (κ3) is 5.50. The molecule has 3 aromatic rings. The molecule has 4 rings (SSSR count). The molecule has 1 saturated carbocycles. The lowest BCUT2D eigenvalue weighted by atomic mass is 9.97. The van der Waals surface area contributed by atoms with E-state index in [2.05, 4.69) is 31.1 Å². The van der Waals surface area contributed by atoms with Gasteiger partial charge in [-0.25, -0.2) is 9.97 Å². The third-order valence-electron chi connectivity index (χ3n) is 5.98. The number of hydrogen-bond acceptors (Lipinski definition) is 9. The molecule has 35 heavy (non-hydrogen) atoms. The number of nitrogens with two attached hydrogens (primary N) is 1. The van der Waals surface area contributed by atoms with Gasteiger partial charge >= 0.3 is 0 Å². The molecule has 0 bridgehead atoms. The number of aliphatic hydroxyl groups is 1. The van der Waals surface area contributed by atoms with Crippen LogP contribution in [0.3, 0.4) is 0 Å². The molecule has 1 fully saturated rings. The predicted molar refractivity (Wildman–Crippen MR) is 136 cm³/mol. The second-order valence-electron chi connectivity index (χ2n) is 8.76. The number of nitrogens with zero attached hydrogens (tertiary/aromatic N) is 7. The minimum absolute atomic E-state index is 0.311. The van der Waals surface area contributed by atoms with Gasteiger partial charge in [-0.1, -0.05) is 31.0 Å². The van der Waals surface area contributed by atoms with Gasteiger partial charge in [-0.15, -0.1) is 0 Å². The largest absolute Gasteiger partial charge is 0.384 e. The average Bonchev–Trinajstić information content (AvgIpc) is 3.34. The van der Waals surface area contributed by atoms with Gasteiger partial charge in [-0.05, 0) is 43.2 Å². The van der Waals surface area contributed by atoms with Crippen molar-refractivity contribution >= 4 is 17.9 Å². The molecule has 0 aliphatic heterocycles. The molecule has 178 valence electrons. The minimum Gasteiger partial charge on any atom is -0.384 e. The zero-order valence-corrected chi connectivity index (χ0v) is 19.9. The highest BCUT2D eigenvalue weighted by Gasteiger charge is 2.34. The fourth-order valence-electron chi connectivity index (χ4n) is 4.10. The second kappa shape index (κ2) is 10.4. The first-order chi connectivity index (χ1) is 16.9. The fraction of sp³-hybridized carbons (Fsp3) is 0.308. The third-order valence-corrected chi connectivity index (χ3v) is 5.98. The topological polar surface area (TPSA) is 137 Å². The first-order valence-corrected chi connectivity index (χ1v) is 11.5. The van der Waals surface area contributed by atoms with Crippen molar-refractivity contribution in [1.82, 2.24) is 15.0 Å². The number of aliphatic imine (C=N–C) groups is 1. The van der Waals surface area contributed by atoms with Crippen molar-refractivity contribution in [3.63, 3.8) is 0 Å². The Balaban J connectivity index is 1.59. The van der Waals surface area contributed by atoms with Gasteiger partial charge in [0.15, 0.2) is 0 Å². The molecule has 0 unspecified atom stereocenters. The van der Waals surface area contributed by atoms with E-state index in [4.69, 9.17) is 5.84 Å². The summed E-state index contributed by atoms with van der Waals surface area (Å²) in [5.41, 5.74) is 3.48. The smallest absolute Gasteiger partial charge is 0.225 e. The van der Waals surface area contributed by atoms with Crippen LogP contribution in [0.5, 0.6) is 0 Å². The molecule has 1 aliphatic carbocycles. The summed E-state index contributed by atoms with van der Waals surface area (Å²) in [6, 6.07) is 16.8. The lowest BCUT2D eigenvalue weighted by molar-refractivity contribution is 0.0398. The molecule has 9 heteroatoms. The van der Waals surface area contributed by atoms with Gasteiger partial charge in [-0.2, -0.15) is 10.4 Å². The lowest BCUT2D eigenvalue weighted by Crippen LogP contribution is -2.22. The van der Waals surface area contributed by atoms with Crippen LogP contribution in [0.15, 0.2) is 58.6 Å². The van der Waals surface area contributed by atoms with Gasteiger partial charge in [-0.3, -0.25) is 9.98 Å². The Morgan fingerprint density at radius 2 is 1.91 bits per heavy atom. The molecule has 0 spiro atoms. The maximum Gasteiger partial charge on any atom is 0.225 e. The average molecular weight is 469 g/mol. The molecular weight excluding hydrogens is 440 g/mol. The Labute approximate surface area is 204 Å². The van der Waals surface area contributed by atoms with Crippen molar-refractivity contribution in [3.05, 3.63) is 71.2 Å². The van der Waals surface area contributed by atoms with Gasteiger partial charge in [0.2, 0.25) is 5.95 Å². The summed E-state index contributed by atoms with van der Waals surface area (Å²) in [5.74, 6) is 6.18. The lowest BCUT2D eigenvalue weighted by Gasteiger charge is -2.21. The Kier molecular flexibility index (Phi) is 7.13. The van der Waals surface area contributed by atoms with Gasteiger partial charge in [0.1, 0.15) is 11.3 Å². The number of pyridine rings is 1. The minimum atomic E-state index is -0.841. The van der Waals surface area contributed by atoms with Crippen molar-refractivity contribution < 1.29 is 5.11 Å². The molecular formula is C26H28N8O. The Bertz CT molecular complexity index is 1300. The maximum atomic E-state index is 10.8. The van der Waals surface area contributed by atoms with E-state index in [1.54, 1.807) is 29.3 Å². The summed E-state index contributed by atoms with van der Waals surface area (Å²) in [5, 5.41) is 24.0. The number of anilines is 1. The molecule has 1 aromatic carbocycles. The van der Waals surface area contributed by atoms with Gasteiger partial charge in [0, 0.05) is 19.7 Å². The second-order valence-corrected chi connectivity index (χ2v) is 8.76. The molecule has 2 heterocycles. The maximum absolute atomic E-state index is 10.8. The quantitative estimate of drug-likeness (QED) is 0.309. The highest BCUT2D eigenvalue weighted by atomic mass is 16.3. The summed E-state index contributed by atoms with van der Waals surface area (Å²) in [6.45, 7) is 0.311. The van der Waals surface area contributed by atoms with E-state index in [1.165, 1.54) is 0 Å². The molecule has 0 radical (unpaired) electrons. The summed E-state index contributed by atoms with van der Waals surface area (Å²) in [4.78, 5) is 20.1. The van der Waals surface area contributed by atoms with Crippen LogP contribution < -0.4 is 10.7 Å². The number of hydrogen-bond donors (Lipinski definition) is 2. The van der Waals surface area contributed by atoms with Crippen molar-refractivity contribution in [1.29, 1.82) is 5.26 Å². The van der Waals surface area contributed by atoms with E-state index in [9.17, 15) is 10.4 Å². The number of hydrazone groups is 1. The normalized spacial score (nSPS) is 15.3. The van der Waals surface area contributed by atoms with E-state index < -0.39 is 5.60 Å². The zero-order chi connectivity index (χ0) is 24.8. The first-order valence-electron chi connectivity index (χ1n) is 11.5. The molecule has 0 saturated heterocycles. The van der Waals surface area contributed by atoms with E-state index in [-0.39, 0.29) is 0 Å². The van der Waals surface area contributed by atoms with E-state index in [0.717, 1.165) is 36.9 Å². The standard InChI is InChI=1S/C26H28N8O/c1-34(2)25-31-21(19-8-5-7-18(13-19)15-27)14-22(32-25)23(33-28)17-29-16-20-9-6-10-24(30-20)26(35)11-3-4-12-26/h5-10,13-14,17,35H,3-4,11-12,16,28H2,1-2H3/b29-17?,33-23+. The van der Waals surface area contributed by atoms with Crippen LogP contribution in [0.2, 0.25) is 0 Å². The van der Waals surface area contributed by atoms with E-state index >= 15 is 0 Å². The van der Waals surface area contributed by atoms with Gasteiger partial charge < -0.3 is 15.8 Å². The monoisotopic (exact) mass is 468 g/mol. The molecule has 3 N–H and O–H groups in total. The Morgan fingerprint density at radius 1 is 1.14 bits per heavy atom. The highest BCUT2D eigenvalue weighted by Crippen LogP contribution is 2.37. The number of benzene rings is 1. The van der Waals surface area contributed by atoms with Crippen LogP contribution in [0.1, 0.15) is 48.3 Å².